The minimum atomic E-state index is -3.95. The molecule has 8 heteroatoms. The molecule has 1 aliphatic rings. The Labute approximate surface area is 132 Å². The van der Waals surface area contributed by atoms with Gasteiger partial charge in [0.25, 0.3) is 0 Å². The average Bonchev–Trinajstić information content (AvgIpc) is 2.88. The van der Waals surface area contributed by atoms with Crippen LogP contribution in [-0.4, -0.2) is 27.7 Å². The van der Waals surface area contributed by atoms with E-state index in [0.717, 1.165) is 18.9 Å². The van der Waals surface area contributed by atoms with Crippen molar-refractivity contribution in [1.82, 2.24) is 4.72 Å². The zero-order valence-electron chi connectivity index (χ0n) is 11.6. The van der Waals surface area contributed by atoms with Crippen molar-refractivity contribution in [3.05, 3.63) is 22.4 Å². The van der Waals surface area contributed by atoms with E-state index in [1.54, 1.807) is 0 Å². The predicted octanol–water partition coefficient (Wildman–Crippen LogP) is 2.26. The van der Waals surface area contributed by atoms with Gasteiger partial charge in [0.05, 0.1) is 10.6 Å². The minimum absolute atomic E-state index is 0.0264. The summed E-state index contributed by atoms with van der Waals surface area (Å²) in [7, 11) is -3.95. The summed E-state index contributed by atoms with van der Waals surface area (Å²) in [6.07, 6.45) is 1.67. The molecule has 0 saturated carbocycles. The van der Waals surface area contributed by atoms with E-state index in [4.69, 9.17) is 10.5 Å². The van der Waals surface area contributed by atoms with Crippen molar-refractivity contribution >= 4 is 31.6 Å². The third-order valence-corrected chi connectivity index (χ3v) is 5.59. The fourth-order valence-electron chi connectivity index (χ4n) is 2.45. The molecule has 2 atom stereocenters. The molecule has 1 fully saturated rings. The van der Waals surface area contributed by atoms with Crippen molar-refractivity contribution < 1.29 is 17.5 Å². The summed E-state index contributed by atoms with van der Waals surface area (Å²) in [5.74, 6) is -0.733. The quantitative estimate of drug-likeness (QED) is 0.767. The van der Waals surface area contributed by atoms with Gasteiger partial charge in [0.15, 0.2) is 5.82 Å². The van der Waals surface area contributed by atoms with Gasteiger partial charge in [0.2, 0.25) is 10.0 Å². The minimum Gasteiger partial charge on any atom is -0.399 e. The van der Waals surface area contributed by atoms with Crippen LogP contribution in [0.4, 0.5) is 10.1 Å². The number of benzene rings is 1. The molecule has 1 aromatic carbocycles. The zero-order valence-corrected chi connectivity index (χ0v) is 14.0. The Balaban J connectivity index is 2.16. The van der Waals surface area contributed by atoms with Gasteiger partial charge in [-0.15, -0.1) is 0 Å². The van der Waals surface area contributed by atoms with Gasteiger partial charge in [-0.1, -0.05) is 6.92 Å². The second-order valence-electron chi connectivity index (χ2n) is 5.03. The lowest BCUT2D eigenvalue weighted by Gasteiger charge is -2.17. The number of nitrogens with one attached hydrogen (secondary N) is 1. The summed E-state index contributed by atoms with van der Waals surface area (Å²) < 4.78 is 46.4. The number of ether oxygens (including phenoxy) is 1. The van der Waals surface area contributed by atoms with Crippen molar-refractivity contribution in [3.63, 3.8) is 0 Å². The standard InChI is InChI=1S/C13H18BrFN2O3S/c1-2-11-8(3-4-20-11)7-17-21(18,19)12-6-9(16)5-10(14)13(12)15/h5-6,8,11,17H,2-4,7,16H2,1H3. The number of hydrogen-bond acceptors (Lipinski definition) is 4. The molecule has 3 N–H and O–H groups in total. The molecule has 2 rings (SSSR count). The molecule has 118 valence electrons. The molecule has 5 nitrogen and oxygen atoms in total. The SMILES string of the molecule is CCC1OCCC1CNS(=O)(=O)c1cc(N)cc(Br)c1F. The van der Waals surface area contributed by atoms with Gasteiger partial charge in [0, 0.05) is 24.8 Å². The van der Waals surface area contributed by atoms with Crippen molar-refractivity contribution in [3.8, 4) is 0 Å². The van der Waals surface area contributed by atoms with Crippen LogP contribution in [0.15, 0.2) is 21.5 Å². The highest BCUT2D eigenvalue weighted by molar-refractivity contribution is 9.10. The van der Waals surface area contributed by atoms with E-state index in [2.05, 4.69) is 20.7 Å². The summed E-state index contributed by atoms with van der Waals surface area (Å²) in [5.41, 5.74) is 5.76. The van der Waals surface area contributed by atoms with E-state index in [9.17, 15) is 12.8 Å². The molecule has 0 aliphatic carbocycles. The fraction of sp³-hybridized carbons (Fsp3) is 0.538. The second-order valence-corrected chi connectivity index (χ2v) is 7.62. The molecule has 0 spiro atoms. The number of nitrogen functional groups attached to an aromatic ring is 1. The van der Waals surface area contributed by atoms with Crippen LogP contribution < -0.4 is 10.5 Å². The third-order valence-electron chi connectivity index (χ3n) is 3.59. The number of anilines is 1. The van der Waals surface area contributed by atoms with Crippen molar-refractivity contribution in [2.24, 2.45) is 5.92 Å². The predicted molar refractivity (Wildman–Crippen MR) is 81.8 cm³/mol. The number of sulfonamides is 1. The number of hydrogen-bond donors (Lipinski definition) is 2. The normalized spacial score (nSPS) is 22.6. The van der Waals surface area contributed by atoms with Crippen LogP contribution in [0.25, 0.3) is 0 Å². The second kappa shape index (κ2) is 6.60. The van der Waals surface area contributed by atoms with Crippen molar-refractivity contribution in [2.75, 3.05) is 18.9 Å². The van der Waals surface area contributed by atoms with Gasteiger partial charge >= 0.3 is 0 Å². The van der Waals surface area contributed by atoms with E-state index >= 15 is 0 Å². The molecule has 1 aliphatic heterocycles. The molecular formula is C13H18BrFN2O3S. The van der Waals surface area contributed by atoms with Crippen LogP contribution in [0.5, 0.6) is 0 Å². The topological polar surface area (TPSA) is 81.4 Å². The van der Waals surface area contributed by atoms with Crippen LogP contribution in [0.2, 0.25) is 0 Å². The third kappa shape index (κ3) is 3.74. The molecule has 0 radical (unpaired) electrons. The lowest BCUT2D eigenvalue weighted by molar-refractivity contribution is 0.0884. The first-order chi connectivity index (χ1) is 9.85. The summed E-state index contributed by atoms with van der Waals surface area (Å²) in [5, 5.41) is 0. The molecular weight excluding hydrogens is 363 g/mol. The van der Waals surface area contributed by atoms with Crippen LogP contribution >= 0.6 is 15.9 Å². The Kier molecular flexibility index (Phi) is 5.24. The van der Waals surface area contributed by atoms with Gasteiger partial charge in [-0.05, 0) is 40.9 Å². The van der Waals surface area contributed by atoms with Gasteiger partial charge in [-0.25, -0.2) is 17.5 Å². The molecule has 1 saturated heterocycles. The first-order valence-electron chi connectivity index (χ1n) is 6.71. The summed E-state index contributed by atoms with van der Waals surface area (Å²) in [6, 6.07) is 2.44. The Morgan fingerprint density at radius 2 is 2.24 bits per heavy atom. The lowest BCUT2D eigenvalue weighted by Crippen LogP contribution is -2.33. The van der Waals surface area contributed by atoms with Gasteiger partial charge < -0.3 is 10.5 Å². The highest BCUT2D eigenvalue weighted by atomic mass is 79.9. The van der Waals surface area contributed by atoms with E-state index in [1.165, 1.54) is 6.07 Å². The van der Waals surface area contributed by atoms with Crippen LogP contribution in [0.3, 0.4) is 0 Å². The zero-order chi connectivity index (χ0) is 15.6. The first kappa shape index (κ1) is 16.7. The monoisotopic (exact) mass is 380 g/mol. The number of nitrogens with two attached hydrogens (primary N) is 1. The first-order valence-corrected chi connectivity index (χ1v) is 8.98. The maximum absolute atomic E-state index is 14.0. The van der Waals surface area contributed by atoms with Gasteiger partial charge in [-0.3, -0.25) is 0 Å². The van der Waals surface area contributed by atoms with Gasteiger partial charge in [-0.2, -0.15) is 0 Å². The van der Waals surface area contributed by atoms with Crippen LogP contribution in [-0.2, 0) is 14.8 Å². The van der Waals surface area contributed by atoms with E-state index in [1.807, 2.05) is 6.92 Å². The van der Waals surface area contributed by atoms with Crippen LogP contribution in [0.1, 0.15) is 19.8 Å². The van der Waals surface area contributed by atoms with Crippen molar-refractivity contribution in [2.45, 2.75) is 30.8 Å². The molecule has 1 heterocycles. The Bertz CT molecular complexity index is 624. The Morgan fingerprint density at radius 3 is 2.90 bits per heavy atom. The smallest absolute Gasteiger partial charge is 0.243 e. The summed E-state index contributed by atoms with van der Waals surface area (Å²) in [4.78, 5) is -0.443. The molecule has 0 aromatic heterocycles. The summed E-state index contributed by atoms with van der Waals surface area (Å²) >= 11 is 2.96. The number of rotatable bonds is 5. The van der Waals surface area contributed by atoms with Crippen LogP contribution in [0, 0.1) is 11.7 Å². The van der Waals surface area contributed by atoms with E-state index in [0.29, 0.717) is 6.61 Å². The highest BCUT2D eigenvalue weighted by Crippen LogP contribution is 2.27. The highest BCUT2D eigenvalue weighted by Gasteiger charge is 2.29. The fourth-order valence-corrected chi connectivity index (χ4v) is 4.29. The number of halogens is 2. The average molecular weight is 381 g/mol. The molecule has 0 bridgehead atoms. The van der Waals surface area contributed by atoms with E-state index in [-0.39, 0.29) is 28.7 Å². The Hall–Kier alpha value is -0.700. The molecule has 0 amide bonds. The molecule has 21 heavy (non-hydrogen) atoms. The van der Waals surface area contributed by atoms with E-state index < -0.39 is 20.7 Å². The Morgan fingerprint density at radius 1 is 1.52 bits per heavy atom. The lowest BCUT2D eigenvalue weighted by atomic mass is 10.0. The summed E-state index contributed by atoms with van der Waals surface area (Å²) in [6.45, 7) is 2.85. The van der Waals surface area contributed by atoms with Crippen molar-refractivity contribution in [1.29, 1.82) is 0 Å². The maximum atomic E-state index is 14.0. The molecule has 1 aromatic rings. The van der Waals surface area contributed by atoms with Gasteiger partial charge in [0.1, 0.15) is 4.90 Å². The molecule has 2 unspecified atom stereocenters. The maximum Gasteiger partial charge on any atom is 0.243 e. The largest absolute Gasteiger partial charge is 0.399 e.